The molecule has 1 heterocycles. The van der Waals surface area contributed by atoms with E-state index in [0.717, 1.165) is 24.0 Å². The van der Waals surface area contributed by atoms with Gasteiger partial charge in [0, 0.05) is 5.56 Å². The molecule has 0 amide bonds. The molecule has 1 aliphatic carbocycles. The van der Waals surface area contributed by atoms with Crippen molar-refractivity contribution in [1.29, 1.82) is 0 Å². The van der Waals surface area contributed by atoms with Gasteiger partial charge in [0.05, 0.1) is 19.8 Å². The lowest BCUT2D eigenvalue weighted by Gasteiger charge is -2.28. The Morgan fingerprint density at radius 2 is 1.35 bits per heavy atom. The fraction of sp³-hybridized carbons (Fsp3) is 0.704. The first-order chi connectivity index (χ1) is 16.5. The van der Waals surface area contributed by atoms with Crippen molar-refractivity contribution in [2.24, 2.45) is 11.8 Å². The lowest BCUT2D eigenvalue weighted by Crippen LogP contribution is -2.39. The van der Waals surface area contributed by atoms with Gasteiger partial charge in [-0.3, -0.25) is 0 Å². The topological polar surface area (TPSA) is 80.3 Å². The van der Waals surface area contributed by atoms with Crippen molar-refractivity contribution in [2.45, 2.75) is 90.6 Å². The predicted molar refractivity (Wildman–Crippen MR) is 127 cm³/mol. The molecule has 7 nitrogen and oxygen atoms in total. The lowest BCUT2D eigenvalue weighted by molar-refractivity contribution is -0.163. The molecule has 2 atom stereocenters. The van der Waals surface area contributed by atoms with E-state index in [2.05, 4.69) is 6.92 Å². The molecule has 34 heavy (non-hydrogen) atoms. The number of esters is 2. The Morgan fingerprint density at radius 3 is 1.85 bits per heavy atom. The van der Waals surface area contributed by atoms with E-state index in [1.165, 1.54) is 44.9 Å². The van der Waals surface area contributed by atoms with E-state index in [9.17, 15) is 9.59 Å². The zero-order valence-corrected chi connectivity index (χ0v) is 20.8. The Labute approximate surface area is 203 Å². The molecule has 190 valence electrons. The molecule has 0 spiro atoms. The van der Waals surface area contributed by atoms with Gasteiger partial charge in [-0.15, -0.1) is 0 Å². The van der Waals surface area contributed by atoms with Gasteiger partial charge in [-0.05, 0) is 50.7 Å². The summed E-state index contributed by atoms with van der Waals surface area (Å²) in [6, 6.07) is 7.36. The molecule has 1 aromatic rings. The zero-order chi connectivity index (χ0) is 24.3. The molecule has 1 saturated carbocycles. The number of carbonyl (C=O) groups excluding carboxylic acids is 2. The number of hydrogen-bond donors (Lipinski definition) is 0. The van der Waals surface area contributed by atoms with Crippen LogP contribution in [0.5, 0.6) is 5.75 Å². The average molecular weight is 477 g/mol. The van der Waals surface area contributed by atoms with E-state index in [4.69, 9.17) is 23.7 Å². The van der Waals surface area contributed by atoms with Gasteiger partial charge in [-0.1, -0.05) is 57.6 Å². The molecule has 0 unspecified atom stereocenters. The first-order valence-corrected chi connectivity index (χ1v) is 12.9. The third-order valence-electron chi connectivity index (χ3n) is 6.69. The van der Waals surface area contributed by atoms with Crippen LogP contribution in [0.3, 0.4) is 0 Å². The zero-order valence-electron chi connectivity index (χ0n) is 20.8. The summed E-state index contributed by atoms with van der Waals surface area (Å²) in [6.45, 7) is 6.74. The Kier molecular flexibility index (Phi) is 10.7. The van der Waals surface area contributed by atoms with Gasteiger partial charge in [-0.25, -0.2) is 9.59 Å². The molecule has 0 radical (unpaired) electrons. The van der Waals surface area contributed by atoms with Crippen LogP contribution in [0.2, 0.25) is 0 Å². The lowest BCUT2D eigenvalue weighted by atomic mass is 9.78. The summed E-state index contributed by atoms with van der Waals surface area (Å²) in [5, 5.41) is 0. The molecule has 0 bridgehead atoms. The highest BCUT2D eigenvalue weighted by Crippen LogP contribution is 2.35. The molecular formula is C27H40O7. The SMILES string of the molecule is CCCC1CCC(CCCOc2ccc(C3O[C@@H](C(=O)OCC)[C@H](C(=O)OCC)O3)cc2)CC1. The summed E-state index contributed by atoms with van der Waals surface area (Å²) < 4.78 is 27.5. The highest BCUT2D eigenvalue weighted by Gasteiger charge is 2.47. The maximum atomic E-state index is 12.2. The molecule has 2 fully saturated rings. The summed E-state index contributed by atoms with van der Waals surface area (Å²) >= 11 is 0. The second-order valence-electron chi connectivity index (χ2n) is 9.18. The van der Waals surface area contributed by atoms with Gasteiger partial charge in [0.1, 0.15) is 5.75 Å². The molecule has 3 rings (SSSR count). The summed E-state index contributed by atoms with van der Waals surface area (Å²) in [4.78, 5) is 24.5. The second-order valence-corrected chi connectivity index (χ2v) is 9.18. The van der Waals surface area contributed by atoms with Crippen molar-refractivity contribution < 1.29 is 33.3 Å². The summed E-state index contributed by atoms with van der Waals surface area (Å²) in [7, 11) is 0. The van der Waals surface area contributed by atoms with Crippen LogP contribution in [0, 0.1) is 11.8 Å². The van der Waals surface area contributed by atoms with Crippen LogP contribution < -0.4 is 4.74 Å². The maximum Gasteiger partial charge on any atom is 0.338 e. The van der Waals surface area contributed by atoms with Crippen molar-refractivity contribution >= 4 is 11.9 Å². The Bertz CT molecular complexity index is 729. The Balaban J connectivity index is 1.45. The number of rotatable bonds is 12. The third kappa shape index (κ3) is 7.44. The van der Waals surface area contributed by atoms with Gasteiger partial charge in [0.25, 0.3) is 0 Å². The van der Waals surface area contributed by atoms with Crippen LogP contribution in [-0.2, 0) is 28.5 Å². The molecule has 1 aromatic carbocycles. The number of ether oxygens (including phenoxy) is 5. The third-order valence-corrected chi connectivity index (χ3v) is 6.69. The molecule has 7 heteroatoms. The van der Waals surface area contributed by atoms with E-state index in [1.807, 2.05) is 24.3 Å². The monoisotopic (exact) mass is 476 g/mol. The highest BCUT2D eigenvalue weighted by atomic mass is 16.8. The van der Waals surface area contributed by atoms with Crippen molar-refractivity contribution in [3.63, 3.8) is 0 Å². The minimum atomic E-state index is -1.16. The molecule has 2 aliphatic rings. The molecular weight excluding hydrogens is 436 g/mol. The average Bonchev–Trinajstić information content (AvgIpc) is 3.30. The fourth-order valence-electron chi connectivity index (χ4n) is 4.91. The van der Waals surface area contributed by atoms with Gasteiger partial charge in [-0.2, -0.15) is 0 Å². The largest absolute Gasteiger partial charge is 0.494 e. The maximum absolute atomic E-state index is 12.2. The van der Waals surface area contributed by atoms with E-state index in [0.29, 0.717) is 12.2 Å². The fourth-order valence-corrected chi connectivity index (χ4v) is 4.91. The Morgan fingerprint density at radius 1 is 0.824 bits per heavy atom. The molecule has 0 N–H and O–H groups in total. The second kappa shape index (κ2) is 13.7. The van der Waals surface area contributed by atoms with Crippen LogP contribution >= 0.6 is 0 Å². The van der Waals surface area contributed by atoms with E-state index in [1.54, 1.807) is 13.8 Å². The first kappa shape index (κ1) is 26.5. The summed E-state index contributed by atoms with van der Waals surface area (Å²) in [5.41, 5.74) is 0.692. The van der Waals surface area contributed by atoms with Crippen molar-refractivity contribution in [3.05, 3.63) is 29.8 Å². The van der Waals surface area contributed by atoms with Gasteiger partial charge >= 0.3 is 11.9 Å². The van der Waals surface area contributed by atoms with Crippen LogP contribution in [0.1, 0.15) is 84.0 Å². The van der Waals surface area contributed by atoms with Gasteiger partial charge in [0.2, 0.25) is 0 Å². The minimum absolute atomic E-state index is 0.186. The first-order valence-electron chi connectivity index (χ1n) is 12.9. The smallest absolute Gasteiger partial charge is 0.338 e. The molecule has 1 aliphatic heterocycles. The van der Waals surface area contributed by atoms with Crippen LogP contribution in [0.15, 0.2) is 24.3 Å². The van der Waals surface area contributed by atoms with E-state index >= 15 is 0 Å². The minimum Gasteiger partial charge on any atom is -0.494 e. The summed E-state index contributed by atoms with van der Waals surface area (Å²) in [6.07, 6.45) is 7.30. The summed E-state index contributed by atoms with van der Waals surface area (Å²) in [5.74, 6) is 1.29. The normalized spacial score (nSPS) is 25.1. The quantitative estimate of drug-likeness (QED) is 0.297. The van der Waals surface area contributed by atoms with Crippen molar-refractivity contribution in [1.82, 2.24) is 0 Å². The van der Waals surface area contributed by atoms with E-state index in [-0.39, 0.29) is 13.2 Å². The number of benzene rings is 1. The van der Waals surface area contributed by atoms with Gasteiger partial charge < -0.3 is 23.7 Å². The molecule has 1 saturated heterocycles. The van der Waals surface area contributed by atoms with E-state index < -0.39 is 30.4 Å². The number of hydrogen-bond acceptors (Lipinski definition) is 7. The van der Waals surface area contributed by atoms with Crippen molar-refractivity contribution in [3.8, 4) is 5.75 Å². The highest BCUT2D eigenvalue weighted by molar-refractivity contribution is 5.86. The van der Waals surface area contributed by atoms with Crippen LogP contribution in [0.25, 0.3) is 0 Å². The van der Waals surface area contributed by atoms with Gasteiger partial charge in [0.15, 0.2) is 18.5 Å². The number of carbonyl (C=O) groups is 2. The Hall–Kier alpha value is -2.12. The standard InChI is InChI=1S/C27H40O7/c1-4-8-19-10-12-20(13-11-19)9-7-18-32-22-16-14-21(15-17-22)27-33-23(25(28)30-5-2)24(34-27)26(29)31-6-3/h14-17,19-20,23-24,27H,4-13,18H2,1-3H3/t19?,20?,23-,24-/m1/s1. The van der Waals surface area contributed by atoms with Crippen LogP contribution in [-0.4, -0.2) is 44.0 Å². The van der Waals surface area contributed by atoms with Crippen molar-refractivity contribution in [2.75, 3.05) is 19.8 Å². The predicted octanol–water partition coefficient (Wildman–Crippen LogP) is 5.36. The van der Waals surface area contributed by atoms with Crippen LogP contribution in [0.4, 0.5) is 0 Å². The molecule has 0 aromatic heterocycles.